The first-order valence-corrected chi connectivity index (χ1v) is 8.27. The van der Waals surface area contributed by atoms with Gasteiger partial charge in [-0.05, 0) is 29.8 Å². The molecule has 1 aromatic heterocycles. The molecular weight excluding hydrogens is 386 g/mol. The molecule has 2 heterocycles. The zero-order valence-corrected chi connectivity index (χ0v) is 14.9. The van der Waals surface area contributed by atoms with Crippen molar-refractivity contribution in [2.45, 2.75) is 13.1 Å². The third kappa shape index (κ3) is 3.63. The molecule has 0 amide bonds. The van der Waals surface area contributed by atoms with Gasteiger partial charge in [0, 0.05) is 11.4 Å². The highest BCUT2D eigenvalue weighted by Crippen LogP contribution is 2.32. The molecule has 0 spiro atoms. The van der Waals surface area contributed by atoms with Crippen molar-refractivity contribution in [2.75, 3.05) is 5.32 Å². The summed E-state index contributed by atoms with van der Waals surface area (Å²) in [6, 6.07) is 16.1. The molecule has 1 aliphatic heterocycles. The largest absolute Gasteiger partial charge is 0.481 e. The van der Waals surface area contributed by atoms with Crippen LogP contribution in [0, 0.1) is 0 Å². The molecule has 0 aliphatic carbocycles. The number of aromatic nitrogens is 2. The number of nitrogens with zero attached hydrogens (tertiary/aromatic N) is 3. The summed E-state index contributed by atoms with van der Waals surface area (Å²) in [5.41, 5.74) is 8.92. The molecule has 4 N–H and O–H groups in total. The Bertz CT molecular complexity index is 945. The normalized spacial score (nSPS) is 15.4. The molecule has 7 nitrogen and oxygen atoms in total. The average molecular weight is 402 g/mol. The van der Waals surface area contributed by atoms with E-state index in [0.717, 1.165) is 33.9 Å². The van der Waals surface area contributed by atoms with Crippen molar-refractivity contribution in [3.8, 4) is 0 Å². The van der Waals surface area contributed by atoms with Crippen LogP contribution in [0.2, 0.25) is 0 Å². The van der Waals surface area contributed by atoms with Crippen LogP contribution in [0.25, 0.3) is 11.0 Å². The van der Waals surface area contributed by atoms with E-state index in [-0.39, 0.29) is 6.17 Å². The van der Waals surface area contributed by atoms with Gasteiger partial charge in [-0.25, -0.2) is 9.98 Å². The number of fused-ring (bicyclic) bond motifs is 3. The zero-order chi connectivity index (χ0) is 18.0. The number of aliphatic imine (C=N–C) groups is 1. The maximum absolute atomic E-state index is 9.00. The number of aliphatic carboxylic acids is 1. The summed E-state index contributed by atoms with van der Waals surface area (Å²) in [6.07, 6.45) is -0.207. The van der Waals surface area contributed by atoms with Crippen molar-refractivity contribution in [1.82, 2.24) is 9.55 Å². The van der Waals surface area contributed by atoms with Gasteiger partial charge in [-0.15, -0.1) is 0 Å². The molecule has 0 fully saturated rings. The maximum Gasteiger partial charge on any atom is 0.300 e. The van der Waals surface area contributed by atoms with E-state index in [1.165, 1.54) is 0 Å². The summed E-state index contributed by atoms with van der Waals surface area (Å²) in [7, 11) is 0. The summed E-state index contributed by atoms with van der Waals surface area (Å²) >= 11 is 3.45. The molecule has 0 saturated heterocycles. The summed E-state index contributed by atoms with van der Waals surface area (Å²) in [4.78, 5) is 18.1. The number of hydrogen-bond donors (Lipinski definition) is 3. The molecule has 4 rings (SSSR count). The molecule has 1 unspecified atom stereocenters. The van der Waals surface area contributed by atoms with Gasteiger partial charge in [0.25, 0.3) is 5.97 Å². The molecule has 0 saturated carbocycles. The Morgan fingerprint density at radius 3 is 2.56 bits per heavy atom. The molecule has 3 aromatic rings. The van der Waals surface area contributed by atoms with Crippen LogP contribution in [0.15, 0.2) is 58.0 Å². The van der Waals surface area contributed by atoms with Gasteiger partial charge in [-0.2, -0.15) is 0 Å². The highest BCUT2D eigenvalue weighted by molar-refractivity contribution is 9.10. The Balaban J connectivity index is 0.000000415. The molecular formula is C17H16BrN5O2. The number of anilines is 1. The van der Waals surface area contributed by atoms with Gasteiger partial charge in [0.15, 0.2) is 12.1 Å². The topological polar surface area (TPSA) is 106 Å². The zero-order valence-electron chi connectivity index (χ0n) is 13.3. The van der Waals surface area contributed by atoms with Gasteiger partial charge in [-0.3, -0.25) is 14.7 Å². The van der Waals surface area contributed by atoms with E-state index in [9.17, 15) is 0 Å². The van der Waals surface area contributed by atoms with Gasteiger partial charge in [-0.1, -0.05) is 40.2 Å². The highest BCUT2D eigenvalue weighted by atomic mass is 79.9. The van der Waals surface area contributed by atoms with Crippen LogP contribution in [0.3, 0.4) is 0 Å². The molecule has 2 aromatic carbocycles. The minimum atomic E-state index is -0.833. The Morgan fingerprint density at radius 2 is 1.88 bits per heavy atom. The van der Waals surface area contributed by atoms with Gasteiger partial charge in [0.05, 0.1) is 11.0 Å². The first-order valence-electron chi connectivity index (χ1n) is 7.48. The van der Waals surface area contributed by atoms with Crippen LogP contribution < -0.4 is 11.1 Å². The first-order chi connectivity index (χ1) is 12.0. The fraction of sp³-hybridized carbons (Fsp3) is 0.118. The summed E-state index contributed by atoms with van der Waals surface area (Å²) in [5, 5.41) is 10.4. The van der Waals surface area contributed by atoms with Crippen molar-refractivity contribution in [3.63, 3.8) is 0 Å². The Labute approximate surface area is 152 Å². The van der Waals surface area contributed by atoms with Crippen LogP contribution in [0.5, 0.6) is 0 Å². The molecule has 8 heteroatoms. The van der Waals surface area contributed by atoms with Crippen molar-refractivity contribution < 1.29 is 9.90 Å². The van der Waals surface area contributed by atoms with Crippen LogP contribution in [-0.4, -0.2) is 26.6 Å². The number of guanidine groups is 1. The molecule has 128 valence electrons. The van der Waals surface area contributed by atoms with Gasteiger partial charge >= 0.3 is 0 Å². The van der Waals surface area contributed by atoms with Crippen molar-refractivity contribution in [2.24, 2.45) is 10.7 Å². The lowest BCUT2D eigenvalue weighted by Gasteiger charge is -2.23. The quantitative estimate of drug-likeness (QED) is 0.580. The number of rotatable bonds is 1. The first kappa shape index (κ1) is 17.0. The third-order valence-corrected chi connectivity index (χ3v) is 4.04. The lowest BCUT2D eigenvalue weighted by atomic mass is 10.1. The number of nitrogens with two attached hydrogens (primary N) is 1. The minimum absolute atomic E-state index is 0.207. The Morgan fingerprint density at radius 1 is 1.24 bits per heavy atom. The van der Waals surface area contributed by atoms with Crippen LogP contribution in [0.4, 0.5) is 5.95 Å². The SMILES string of the molecule is CC(=O)O.NC1=NC(c2ccc(Br)cc2)n2c(nc3ccccc32)N1. The average Bonchev–Trinajstić information content (AvgIpc) is 2.92. The molecule has 1 aliphatic rings. The smallest absolute Gasteiger partial charge is 0.300 e. The van der Waals surface area contributed by atoms with Crippen LogP contribution >= 0.6 is 15.9 Å². The predicted molar refractivity (Wildman–Crippen MR) is 101 cm³/mol. The number of carboxylic acids is 1. The van der Waals surface area contributed by atoms with E-state index in [1.54, 1.807) is 0 Å². The van der Waals surface area contributed by atoms with Crippen molar-refractivity contribution in [1.29, 1.82) is 0 Å². The summed E-state index contributed by atoms with van der Waals surface area (Å²) in [6.45, 7) is 1.08. The number of benzene rings is 2. The summed E-state index contributed by atoms with van der Waals surface area (Å²) < 4.78 is 3.10. The Hall–Kier alpha value is -2.87. The predicted octanol–water partition coefficient (Wildman–Crippen LogP) is 3.18. The molecule has 1 atom stereocenters. The molecule has 0 bridgehead atoms. The number of nitrogens with one attached hydrogen (secondary N) is 1. The van der Waals surface area contributed by atoms with E-state index < -0.39 is 5.97 Å². The van der Waals surface area contributed by atoms with E-state index in [2.05, 4.69) is 35.8 Å². The second-order valence-electron chi connectivity index (χ2n) is 5.38. The van der Waals surface area contributed by atoms with Crippen molar-refractivity contribution >= 4 is 44.8 Å². The fourth-order valence-electron chi connectivity index (χ4n) is 2.58. The second kappa shape index (κ2) is 6.94. The van der Waals surface area contributed by atoms with Crippen molar-refractivity contribution in [3.05, 3.63) is 58.6 Å². The number of carbonyl (C=O) groups is 1. The van der Waals surface area contributed by atoms with Crippen LogP contribution in [0.1, 0.15) is 18.7 Å². The fourth-order valence-corrected chi connectivity index (χ4v) is 2.84. The third-order valence-electron chi connectivity index (χ3n) is 3.51. The lowest BCUT2D eigenvalue weighted by molar-refractivity contribution is -0.134. The molecule has 0 radical (unpaired) electrons. The standard InChI is InChI=1S/C15H12BrN5.C2H4O2/c16-10-7-5-9(6-8-10)13-19-14(17)20-15-18-11-3-1-2-4-12(11)21(13)15;1-2(3)4/h1-8,13H,(H3,17,18,19,20);1H3,(H,3,4). The number of carboxylic acid groups (broad SMARTS) is 1. The van der Waals surface area contributed by atoms with E-state index in [1.807, 2.05) is 48.5 Å². The summed E-state index contributed by atoms with van der Waals surface area (Å²) in [5.74, 6) is 0.266. The number of para-hydroxylation sites is 2. The Kier molecular flexibility index (Phi) is 4.71. The maximum atomic E-state index is 9.00. The van der Waals surface area contributed by atoms with E-state index in [4.69, 9.17) is 15.6 Å². The van der Waals surface area contributed by atoms with E-state index in [0.29, 0.717) is 5.96 Å². The number of imidazole rings is 1. The highest BCUT2D eigenvalue weighted by Gasteiger charge is 2.24. The monoisotopic (exact) mass is 401 g/mol. The minimum Gasteiger partial charge on any atom is -0.481 e. The van der Waals surface area contributed by atoms with Gasteiger partial charge in [0.2, 0.25) is 5.95 Å². The second-order valence-corrected chi connectivity index (χ2v) is 6.29. The van der Waals surface area contributed by atoms with Gasteiger partial charge in [0.1, 0.15) is 0 Å². The number of hydrogen-bond acceptors (Lipinski definition) is 5. The lowest BCUT2D eigenvalue weighted by Crippen LogP contribution is -2.31. The molecule has 25 heavy (non-hydrogen) atoms. The van der Waals surface area contributed by atoms with E-state index >= 15 is 0 Å². The number of halogens is 1. The van der Waals surface area contributed by atoms with Gasteiger partial charge < -0.3 is 10.8 Å². The van der Waals surface area contributed by atoms with Crippen LogP contribution in [-0.2, 0) is 4.79 Å².